The highest BCUT2D eigenvalue weighted by atomic mass is 32.2. The van der Waals surface area contributed by atoms with Gasteiger partial charge in [0.25, 0.3) is 0 Å². The van der Waals surface area contributed by atoms with Gasteiger partial charge >= 0.3 is 13.7 Å². The predicted octanol–water partition coefficient (Wildman–Crippen LogP) is 4.50. The zero-order chi connectivity index (χ0) is 37.7. The third kappa shape index (κ3) is 12.6. The van der Waals surface area contributed by atoms with Crippen LogP contribution in [0.1, 0.15) is 46.1 Å². The van der Waals surface area contributed by atoms with E-state index in [1.54, 1.807) is 32.0 Å². The average molecular weight is 773 g/mol. The molecule has 3 aliphatic heterocycles. The predicted molar refractivity (Wildman–Crippen MR) is 191 cm³/mol. The standard InChI is InChI=1S/C27H45N2O9P.C8H8O4S/c1-5-19(4)15-28-16-24(30)23(29-27(31)38-25-17-34-26-22(25)12-13-33-26)14-20-8-10-21(11-9-20)35-18-39(32,36-6-2)37-7-3;1-13(9,10)6-2-3-7-8(4-6)12-5-11-7/h8-11,19,22-26,28,30H,5-7,12-18H2,1-4H3,(H,29,31);2-4H,5H2,1H3/t19-,22-,23-,24+,25-,26+;/m0./s1. The molecule has 0 bridgehead atoms. The van der Waals surface area contributed by atoms with Crippen molar-refractivity contribution in [3.05, 3.63) is 48.0 Å². The van der Waals surface area contributed by atoms with Crippen molar-refractivity contribution in [2.24, 2.45) is 11.8 Å². The van der Waals surface area contributed by atoms with Gasteiger partial charge in [-0.25, -0.2) is 13.2 Å². The molecule has 17 heteroatoms. The van der Waals surface area contributed by atoms with Crippen LogP contribution < -0.4 is 24.8 Å². The molecule has 5 rings (SSSR count). The van der Waals surface area contributed by atoms with Crippen LogP contribution >= 0.6 is 7.60 Å². The minimum atomic E-state index is -3.33. The van der Waals surface area contributed by atoms with Crippen molar-refractivity contribution in [2.45, 2.75) is 76.4 Å². The Bertz CT molecular complexity index is 1570. The highest BCUT2D eigenvalue weighted by Gasteiger charge is 2.44. The van der Waals surface area contributed by atoms with Crippen molar-refractivity contribution in [3.8, 4) is 17.2 Å². The summed E-state index contributed by atoms with van der Waals surface area (Å²) >= 11 is 0. The number of aliphatic hydroxyl groups excluding tert-OH is 1. The van der Waals surface area contributed by atoms with E-state index in [1.165, 1.54) is 12.1 Å². The Labute approximate surface area is 306 Å². The molecule has 2 saturated heterocycles. The summed E-state index contributed by atoms with van der Waals surface area (Å²) in [6.45, 7) is 10.4. The molecule has 15 nitrogen and oxygen atoms in total. The van der Waals surface area contributed by atoms with E-state index in [2.05, 4.69) is 24.5 Å². The number of fused-ring (bicyclic) bond motifs is 2. The normalized spacial score (nSPS) is 21.0. The van der Waals surface area contributed by atoms with E-state index in [-0.39, 0.29) is 49.6 Å². The fourth-order valence-corrected chi connectivity index (χ4v) is 7.61. The topological polar surface area (TPSA) is 186 Å². The van der Waals surface area contributed by atoms with E-state index in [9.17, 15) is 22.9 Å². The highest BCUT2D eigenvalue weighted by molar-refractivity contribution is 7.90. The second-order valence-corrected chi connectivity index (χ2v) is 16.8. The third-order valence-corrected chi connectivity index (χ3v) is 11.6. The van der Waals surface area contributed by atoms with Crippen LogP contribution in [0.15, 0.2) is 47.4 Å². The van der Waals surface area contributed by atoms with Gasteiger partial charge in [0.15, 0.2) is 34.0 Å². The molecule has 3 heterocycles. The Morgan fingerprint density at radius 3 is 2.40 bits per heavy atom. The number of sulfone groups is 1. The molecular weight excluding hydrogens is 719 g/mol. The van der Waals surface area contributed by atoms with Crippen LogP contribution in [0.5, 0.6) is 17.2 Å². The largest absolute Gasteiger partial charge is 0.481 e. The number of rotatable bonds is 18. The first-order chi connectivity index (χ1) is 24.8. The van der Waals surface area contributed by atoms with Crippen LogP contribution in [0.4, 0.5) is 4.79 Å². The summed E-state index contributed by atoms with van der Waals surface area (Å²) in [4.78, 5) is 13.1. The second-order valence-electron chi connectivity index (χ2n) is 12.8. The van der Waals surface area contributed by atoms with Crippen LogP contribution in [0.3, 0.4) is 0 Å². The molecule has 0 aliphatic carbocycles. The fraction of sp³-hybridized carbons (Fsp3) is 0.629. The van der Waals surface area contributed by atoms with Gasteiger partial charge in [-0.05, 0) is 69.0 Å². The number of alkyl carbamates (subject to hydrolysis) is 1. The molecule has 6 atom stereocenters. The molecular formula is C35H53N2O13PS. The molecule has 0 unspecified atom stereocenters. The molecule has 0 aromatic heterocycles. The second kappa shape index (κ2) is 19.9. The Balaban J connectivity index is 0.000000386. The van der Waals surface area contributed by atoms with Gasteiger partial charge in [0, 0.05) is 18.9 Å². The number of aliphatic hydroxyl groups is 1. The molecule has 0 spiro atoms. The maximum atomic E-state index is 12.8. The molecule has 0 radical (unpaired) electrons. The Kier molecular flexibility index (Phi) is 16.0. The lowest BCUT2D eigenvalue weighted by molar-refractivity contribution is -0.0907. The first-order valence-corrected chi connectivity index (χ1v) is 21.2. The van der Waals surface area contributed by atoms with Gasteiger partial charge in [-0.1, -0.05) is 32.4 Å². The summed E-state index contributed by atoms with van der Waals surface area (Å²) in [5, 5.41) is 17.1. The van der Waals surface area contributed by atoms with E-state index in [0.717, 1.165) is 31.2 Å². The lowest BCUT2D eigenvalue weighted by Crippen LogP contribution is -2.50. The quantitative estimate of drug-likeness (QED) is 0.180. The number of ether oxygens (including phenoxy) is 6. The fourth-order valence-electron chi connectivity index (χ4n) is 5.66. The molecule has 2 fully saturated rings. The van der Waals surface area contributed by atoms with Crippen LogP contribution in [0, 0.1) is 11.8 Å². The number of hydrogen-bond acceptors (Lipinski definition) is 14. The Morgan fingerprint density at radius 1 is 1.02 bits per heavy atom. The van der Waals surface area contributed by atoms with Gasteiger partial charge in [-0.2, -0.15) is 0 Å². The van der Waals surface area contributed by atoms with Gasteiger partial charge in [0.05, 0.1) is 49.4 Å². The first kappa shape index (κ1) is 41.8. The van der Waals surface area contributed by atoms with Gasteiger partial charge in [-0.3, -0.25) is 4.57 Å². The SMILES string of the molecule is CCOP(=O)(COc1ccc(C[C@H](NC(=O)O[C@H]2CO[C@H]3OCC[C@H]32)[C@H](O)CNC[C@@H](C)CC)cc1)OCC.CS(=O)(=O)c1ccc2c(c1)OCO2. The maximum Gasteiger partial charge on any atom is 0.407 e. The molecule has 2 aromatic carbocycles. The highest BCUT2D eigenvalue weighted by Crippen LogP contribution is 2.48. The van der Waals surface area contributed by atoms with Gasteiger partial charge in [0.2, 0.25) is 6.79 Å². The van der Waals surface area contributed by atoms with Crippen molar-refractivity contribution < 1.29 is 60.4 Å². The zero-order valence-electron chi connectivity index (χ0n) is 30.5. The lowest BCUT2D eigenvalue weighted by atomic mass is 10.0. The van der Waals surface area contributed by atoms with E-state index in [1.807, 2.05) is 12.1 Å². The monoisotopic (exact) mass is 772 g/mol. The zero-order valence-corrected chi connectivity index (χ0v) is 32.2. The van der Waals surface area contributed by atoms with E-state index >= 15 is 0 Å². The Morgan fingerprint density at radius 2 is 1.73 bits per heavy atom. The van der Waals surface area contributed by atoms with Gasteiger partial charge in [0.1, 0.15) is 11.9 Å². The van der Waals surface area contributed by atoms with E-state index < -0.39 is 35.7 Å². The minimum Gasteiger partial charge on any atom is -0.481 e. The summed E-state index contributed by atoms with van der Waals surface area (Å²) in [5.41, 5.74) is 0.875. The summed E-state index contributed by atoms with van der Waals surface area (Å²) in [6.07, 6.45) is 1.03. The van der Waals surface area contributed by atoms with Crippen molar-refractivity contribution >= 4 is 23.5 Å². The average Bonchev–Trinajstić information content (AvgIpc) is 3.86. The molecule has 0 saturated carbocycles. The molecule has 1 amide bonds. The van der Waals surface area contributed by atoms with Gasteiger partial charge < -0.3 is 53.2 Å². The van der Waals surface area contributed by atoms with Crippen LogP contribution in [0.25, 0.3) is 0 Å². The summed E-state index contributed by atoms with van der Waals surface area (Å²) in [7, 11) is -6.49. The van der Waals surface area contributed by atoms with E-state index in [4.69, 9.17) is 37.5 Å². The van der Waals surface area contributed by atoms with E-state index in [0.29, 0.717) is 49.3 Å². The summed E-state index contributed by atoms with van der Waals surface area (Å²) in [5.74, 6) is 2.10. The van der Waals surface area contributed by atoms with Crippen LogP contribution in [-0.4, -0.2) is 103 Å². The number of carbonyl (C=O) groups excluding carboxylic acids is 1. The Hall–Kier alpha value is -2.95. The van der Waals surface area contributed by atoms with Crippen molar-refractivity contribution in [2.75, 3.05) is 58.9 Å². The van der Waals surface area contributed by atoms with Crippen LogP contribution in [-0.2, 0) is 44.1 Å². The number of nitrogens with one attached hydrogen (secondary N) is 2. The summed E-state index contributed by atoms with van der Waals surface area (Å²) in [6, 6.07) is 11.1. The molecule has 3 N–H and O–H groups in total. The molecule has 3 aliphatic rings. The van der Waals surface area contributed by atoms with Crippen molar-refractivity contribution in [1.82, 2.24) is 10.6 Å². The minimum absolute atomic E-state index is 0.0321. The number of hydrogen-bond donors (Lipinski definition) is 3. The number of amides is 1. The number of benzene rings is 2. The smallest absolute Gasteiger partial charge is 0.407 e. The van der Waals surface area contributed by atoms with Crippen molar-refractivity contribution in [3.63, 3.8) is 0 Å². The van der Waals surface area contributed by atoms with Gasteiger partial charge in [-0.15, -0.1) is 0 Å². The molecule has 2 aromatic rings. The molecule has 52 heavy (non-hydrogen) atoms. The third-order valence-electron chi connectivity index (χ3n) is 8.75. The maximum absolute atomic E-state index is 12.8. The summed E-state index contributed by atoms with van der Waals surface area (Å²) < 4.78 is 77.9. The number of carbonyl (C=O) groups is 1. The first-order valence-electron chi connectivity index (χ1n) is 17.6. The van der Waals surface area contributed by atoms with Crippen LogP contribution in [0.2, 0.25) is 0 Å². The lowest BCUT2D eigenvalue weighted by Gasteiger charge is -2.26. The van der Waals surface area contributed by atoms with Crippen molar-refractivity contribution in [1.29, 1.82) is 0 Å². The molecule has 292 valence electrons.